The van der Waals surface area contributed by atoms with Gasteiger partial charge in [0, 0.05) is 11.7 Å². The van der Waals surface area contributed by atoms with Crippen LogP contribution in [0.5, 0.6) is 0 Å². The number of aromatic nitrogens is 2. The van der Waals surface area contributed by atoms with Crippen LogP contribution in [0.3, 0.4) is 0 Å². The van der Waals surface area contributed by atoms with E-state index in [2.05, 4.69) is 31.1 Å². The van der Waals surface area contributed by atoms with Crippen molar-refractivity contribution in [3.8, 4) is 16.8 Å². The third kappa shape index (κ3) is 6.17. The average Bonchev–Trinajstić information content (AvgIpc) is 3.26. The molecule has 0 radical (unpaired) electrons. The molecule has 3 aromatic rings. The number of nitrogens with zero attached hydrogens (tertiary/aromatic N) is 2. The number of carbonyl (C=O) groups excluding carboxylic acids is 1. The topological polar surface area (TPSA) is 46.9 Å². The van der Waals surface area contributed by atoms with E-state index in [4.69, 9.17) is 0 Å². The molecule has 0 bridgehead atoms. The molecular formula is C27H27F6N3O. The number of hydrogen-bond donors (Lipinski definition) is 1. The van der Waals surface area contributed by atoms with Crippen molar-refractivity contribution in [1.82, 2.24) is 14.9 Å². The molecular weight excluding hydrogens is 496 g/mol. The normalized spacial score (nSPS) is 20.0. The molecule has 4 nitrogen and oxygen atoms in total. The molecule has 1 aliphatic carbocycles. The Hall–Kier alpha value is -3.30. The molecule has 1 N–H and O–H groups in total. The fourth-order valence-electron chi connectivity index (χ4n) is 5.32. The number of imidazole rings is 1. The summed E-state index contributed by atoms with van der Waals surface area (Å²) >= 11 is 0. The van der Waals surface area contributed by atoms with Crippen LogP contribution in [-0.4, -0.2) is 21.5 Å². The second-order valence-corrected chi connectivity index (χ2v) is 10.6. The highest BCUT2D eigenvalue weighted by molar-refractivity contribution is 5.93. The van der Waals surface area contributed by atoms with Gasteiger partial charge in [-0.1, -0.05) is 32.9 Å². The molecule has 2 atom stereocenters. The summed E-state index contributed by atoms with van der Waals surface area (Å²) in [5.41, 5.74) is -1.92. The van der Waals surface area contributed by atoms with Gasteiger partial charge in [0.15, 0.2) is 0 Å². The molecule has 0 aliphatic heterocycles. The highest BCUT2D eigenvalue weighted by atomic mass is 19.4. The number of carbonyl (C=O) groups is 1. The van der Waals surface area contributed by atoms with Crippen LogP contribution < -0.4 is 5.32 Å². The summed E-state index contributed by atoms with van der Waals surface area (Å²) in [6.07, 6.45) is -4.20. The Morgan fingerprint density at radius 1 is 0.946 bits per heavy atom. The SMILES string of the molecule is CC1CC(NC(=O)c2cncn2-c2ccc(-c3cc(C(F)(F)F)cc(C(F)(F)F)c3)cc2)CC(C)(C)C1. The zero-order valence-corrected chi connectivity index (χ0v) is 20.5. The van der Waals surface area contributed by atoms with Gasteiger partial charge in [-0.2, -0.15) is 26.3 Å². The molecule has 0 saturated heterocycles. The summed E-state index contributed by atoms with van der Waals surface area (Å²) in [6.45, 7) is 6.51. The van der Waals surface area contributed by atoms with Gasteiger partial charge in [-0.15, -0.1) is 0 Å². The quantitative estimate of drug-likeness (QED) is 0.360. The summed E-state index contributed by atoms with van der Waals surface area (Å²) in [5, 5.41) is 3.08. The lowest BCUT2D eigenvalue weighted by atomic mass is 9.70. The number of alkyl halides is 6. The maximum atomic E-state index is 13.2. The largest absolute Gasteiger partial charge is 0.416 e. The van der Waals surface area contributed by atoms with Gasteiger partial charge in [-0.3, -0.25) is 9.36 Å². The monoisotopic (exact) mass is 523 g/mol. The Bertz CT molecular complexity index is 1240. The maximum absolute atomic E-state index is 13.2. The Labute approximate surface area is 210 Å². The van der Waals surface area contributed by atoms with Crippen molar-refractivity contribution < 1.29 is 31.1 Å². The number of benzene rings is 2. The number of nitrogens with one attached hydrogen (secondary N) is 1. The Morgan fingerprint density at radius 2 is 1.54 bits per heavy atom. The molecule has 1 heterocycles. The Morgan fingerprint density at radius 3 is 2.08 bits per heavy atom. The number of amides is 1. The van der Waals surface area contributed by atoms with Crippen LogP contribution >= 0.6 is 0 Å². The molecule has 10 heteroatoms. The van der Waals surface area contributed by atoms with Gasteiger partial charge in [0.1, 0.15) is 5.69 Å². The second kappa shape index (κ2) is 9.54. The number of halogens is 6. The van der Waals surface area contributed by atoms with E-state index in [0.29, 0.717) is 23.7 Å². The summed E-state index contributed by atoms with van der Waals surface area (Å²) in [7, 11) is 0. The van der Waals surface area contributed by atoms with Crippen molar-refractivity contribution in [1.29, 1.82) is 0 Å². The van der Waals surface area contributed by atoms with Crippen molar-refractivity contribution >= 4 is 5.91 Å². The first-order chi connectivity index (χ1) is 17.1. The van der Waals surface area contributed by atoms with Crippen LogP contribution in [0.1, 0.15) is 61.6 Å². The van der Waals surface area contributed by atoms with E-state index >= 15 is 0 Å². The van der Waals surface area contributed by atoms with Crippen molar-refractivity contribution in [3.63, 3.8) is 0 Å². The van der Waals surface area contributed by atoms with Gasteiger partial charge in [0.2, 0.25) is 0 Å². The molecule has 198 valence electrons. The van der Waals surface area contributed by atoms with Gasteiger partial charge >= 0.3 is 12.4 Å². The first-order valence-corrected chi connectivity index (χ1v) is 11.9. The van der Waals surface area contributed by atoms with E-state index in [1.807, 2.05) is 0 Å². The van der Waals surface area contributed by atoms with Gasteiger partial charge in [0.05, 0.1) is 23.7 Å². The molecule has 4 rings (SSSR count). The summed E-state index contributed by atoms with van der Waals surface area (Å²) in [6, 6.07) is 7.36. The molecule has 0 spiro atoms. The molecule has 1 aromatic heterocycles. The zero-order chi connectivity index (χ0) is 27.2. The Balaban J connectivity index is 1.59. The molecule has 1 fully saturated rings. The molecule has 37 heavy (non-hydrogen) atoms. The van der Waals surface area contributed by atoms with Crippen molar-refractivity contribution in [3.05, 3.63) is 71.8 Å². The predicted molar refractivity (Wildman–Crippen MR) is 127 cm³/mol. The first-order valence-electron chi connectivity index (χ1n) is 11.9. The van der Waals surface area contributed by atoms with Crippen LogP contribution in [-0.2, 0) is 12.4 Å². The van der Waals surface area contributed by atoms with Crippen molar-refractivity contribution in [2.24, 2.45) is 11.3 Å². The van der Waals surface area contributed by atoms with Crippen LogP contribution in [0.25, 0.3) is 16.8 Å². The first kappa shape index (κ1) is 26.8. The predicted octanol–water partition coefficient (Wildman–Crippen LogP) is 7.52. The van der Waals surface area contributed by atoms with Crippen LogP contribution in [0, 0.1) is 11.3 Å². The second-order valence-electron chi connectivity index (χ2n) is 10.6. The van der Waals surface area contributed by atoms with E-state index in [1.54, 1.807) is 0 Å². The summed E-state index contributed by atoms with van der Waals surface area (Å²) in [5.74, 6) is 0.171. The minimum atomic E-state index is -4.93. The third-order valence-electron chi connectivity index (χ3n) is 6.66. The van der Waals surface area contributed by atoms with Gasteiger partial charge in [0.25, 0.3) is 5.91 Å². The standard InChI is InChI=1S/C27H27F6N3O/c1-16-8-21(13-25(2,3)12-16)35-24(37)23-14-34-15-36(23)22-6-4-17(5-7-22)18-9-19(26(28,29)30)11-20(10-18)27(31,32)33/h4-7,9-11,14-16,21H,8,12-13H2,1-3H3,(H,35,37). The van der Waals surface area contributed by atoms with Gasteiger partial charge in [-0.25, -0.2) is 4.98 Å². The highest BCUT2D eigenvalue weighted by Crippen LogP contribution is 2.40. The lowest BCUT2D eigenvalue weighted by Crippen LogP contribution is -2.43. The van der Waals surface area contributed by atoms with Crippen molar-refractivity contribution in [2.45, 2.75) is 58.4 Å². The fraction of sp³-hybridized carbons (Fsp3) is 0.407. The van der Waals surface area contributed by atoms with Crippen LogP contribution in [0.15, 0.2) is 55.0 Å². The van der Waals surface area contributed by atoms with Crippen LogP contribution in [0.2, 0.25) is 0 Å². The fourth-order valence-corrected chi connectivity index (χ4v) is 5.32. The van der Waals surface area contributed by atoms with E-state index < -0.39 is 23.5 Å². The average molecular weight is 524 g/mol. The van der Waals surface area contributed by atoms with Crippen LogP contribution in [0.4, 0.5) is 26.3 Å². The van der Waals surface area contributed by atoms with Gasteiger partial charge < -0.3 is 5.32 Å². The van der Waals surface area contributed by atoms with E-state index in [1.165, 1.54) is 41.4 Å². The minimum Gasteiger partial charge on any atom is -0.348 e. The van der Waals surface area contributed by atoms with E-state index in [9.17, 15) is 31.1 Å². The molecule has 1 aliphatic rings. The smallest absolute Gasteiger partial charge is 0.348 e. The third-order valence-corrected chi connectivity index (χ3v) is 6.66. The molecule has 2 unspecified atom stereocenters. The molecule has 2 aromatic carbocycles. The molecule has 1 saturated carbocycles. The summed E-state index contributed by atoms with van der Waals surface area (Å²) in [4.78, 5) is 17.1. The zero-order valence-electron chi connectivity index (χ0n) is 20.5. The number of hydrogen-bond acceptors (Lipinski definition) is 2. The maximum Gasteiger partial charge on any atom is 0.416 e. The van der Waals surface area contributed by atoms with Gasteiger partial charge in [-0.05, 0) is 72.1 Å². The number of rotatable bonds is 4. The minimum absolute atomic E-state index is 0.0145. The highest BCUT2D eigenvalue weighted by Gasteiger charge is 2.37. The van der Waals surface area contributed by atoms with E-state index in [0.717, 1.165) is 19.3 Å². The Kier molecular flexibility index (Phi) is 6.90. The summed E-state index contributed by atoms with van der Waals surface area (Å²) < 4.78 is 81.0. The van der Waals surface area contributed by atoms with Crippen molar-refractivity contribution in [2.75, 3.05) is 0 Å². The van der Waals surface area contributed by atoms with E-state index in [-0.39, 0.29) is 40.3 Å². The lowest BCUT2D eigenvalue weighted by molar-refractivity contribution is -0.143. The molecule has 1 amide bonds. The lowest BCUT2D eigenvalue weighted by Gasteiger charge is -2.39.